The van der Waals surface area contributed by atoms with Gasteiger partial charge >= 0.3 is 6.18 Å². The Morgan fingerprint density at radius 2 is 1.88 bits per heavy atom. The molecule has 134 valence electrons. The molecule has 1 nitrogen and oxygen atoms in total. The van der Waals surface area contributed by atoms with Gasteiger partial charge in [-0.25, -0.2) is 0 Å². The summed E-state index contributed by atoms with van der Waals surface area (Å²) in [5.41, 5.74) is 2.21. The lowest BCUT2D eigenvalue weighted by Gasteiger charge is -2.22. The van der Waals surface area contributed by atoms with Crippen LogP contribution in [0.3, 0.4) is 0 Å². The van der Waals surface area contributed by atoms with E-state index in [-0.39, 0.29) is 0 Å². The number of nitrogens with zero attached hydrogens (tertiary/aromatic N) is 1. The van der Waals surface area contributed by atoms with Gasteiger partial charge in [-0.3, -0.25) is 0 Å². The van der Waals surface area contributed by atoms with Crippen molar-refractivity contribution < 1.29 is 13.2 Å². The molecule has 0 amide bonds. The Balaban J connectivity index is 1.99. The van der Waals surface area contributed by atoms with Crippen LogP contribution >= 0.6 is 0 Å². The van der Waals surface area contributed by atoms with Gasteiger partial charge in [0.2, 0.25) is 0 Å². The highest BCUT2D eigenvalue weighted by Crippen LogP contribution is 2.32. The summed E-state index contributed by atoms with van der Waals surface area (Å²) in [6, 6.07) is 4.81. The van der Waals surface area contributed by atoms with Crippen molar-refractivity contribution in [2.75, 3.05) is 13.1 Å². The SMILES string of the molecule is C=C(CCN(CCC)C1CC1)Cc1cc(C(F)(F)F)ccc1CC. The normalized spacial score (nSPS) is 15.1. The highest BCUT2D eigenvalue weighted by Gasteiger charge is 2.31. The standard InChI is InChI=1S/C20H28F3N/c1-4-11-24(19-8-9-19)12-10-15(3)13-17-14-18(20(21,22)23)7-6-16(17)5-2/h6-7,14,19H,3-5,8-13H2,1-2H3. The summed E-state index contributed by atoms with van der Waals surface area (Å²) < 4.78 is 38.8. The van der Waals surface area contributed by atoms with Crippen molar-refractivity contribution in [3.05, 3.63) is 47.0 Å². The number of hydrogen-bond acceptors (Lipinski definition) is 1. The second kappa shape index (κ2) is 8.19. The van der Waals surface area contributed by atoms with Gasteiger partial charge in [0.25, 0.3) is 0 Å². The first-order valence-electron chi connectivity index (χ1n) is 8.94. The maximum Gasteiger partial charge on any atom is 0.416 e. The van der Waals surface area contributed by atoms with Gasteiger partial charge in [-0.15, -0.1) is 0 Å². The third-order valence-corrected chi connectivity index (χ3v) is 4.68. The average Bonchev–Trinajstić information content (AvgIpc) is 3.35. The van der Waals surface area contributed by atoms with E-state index < -0.39 is 11.7 Å². The minimum absolute atomic E-state index is 0.539. The van der Waals surface area contributed by atoms with Crippen LogP contribution in [-0.4, -0.2) is 24.0 Å². The molecule has 0 saturated heterocycles. The molecular weight excluding hydrogens is 311 g/mol. The molecule has 0 bridgehead atoms. The molecule has 0 aromatic heterocycles. The number of benzene rings is 1. The van der Waals surface area contributed by atoms with Crippen LogP contribution in [0.5, 0.6) is 0 Å². The average molecular weight is 339 g/mol. The van der Waals surface area contributed by atoms with Crippen molar-refractivity contribution >= 4 is 0 Å². The highest BCUT2D eigenvalue weighted by molar-refractivity contribution is 5.36. The summed E-state index contributed by atoms with van der Waals surface area (Å²) >= 11 is 0. The van der Waals surface area contributed by atoms with Gasteiger partial charge in [-0.2, -0.15) is 13.2 Å². The first-order chi connectivity index (χ1) is 11.3. The smallest absolute Gasteiger partial charge is 0.300 e. The molecular formula is C20H28F3N. The van der Waals surface area contributed by atoms with Gasteiger partial charge in [-0.05, 0) is 68.3 Å². The van der Waals surface area contributed by atoms with E-state index in [0.29, 0.717) is 6.42 Å². The minimum Gasteiger partial charge on any atom is -0.300 e. The van der Waals surface area contributed by atoms with E-state index in [1.165, 1.54) is 25.0 Å². The predicted molar refractivity (Wildman–Crippen MR) is 93.2 cm³/mol. The molecule has 0 heterocycles. The Hall–Kier alpha value is -1.29. The van der Waals surface area contributed by atoms with E-state index in [2.05, 4.69) is 18.4 Å². The van der Waals surface area contributed by atoms with E-state index in [4.69, 9.17) is 0 Å². The first-order valence-corrected chi connectivity index (χ1v) is 8.94. The third kappa shape index (κ3) is 5.37. The lowest BCUT2D eigenvalue weighted by Crippen LogP contribution is -2.28. The first kappa shape index (κ1) is 19.0. The quantitative estimate of drug-likeness (QED) is 0.527. The molecule has 2 rings (SSSR count). The molecule has 4 heteroatoms. The maximum atomic E-state index is 12.9. The molecule has 0 N–H and O–H groups in total. The fraction of sp³-hybridized carbons (Fsp3) is 0.600. The number of alkyl halides is 3. The van der Waals surface area contributed by atoms with Crippen LogP contribution in [0, 0.1) is 0 Å². The van der Waals surface area contributed by atoms with Crippen LogP contribution in [0.4, 0.5) is 13.2 Å². The fourth-order valence-corrected chi connectivity index (χ4v) is 3.18. The zero-order valence-electron chi connectivity index (χ0n) is 14.8. The van der Waals surface area contributed by atoms with Gasteiger partial charge in [0, 0.05) is 12.6 Å². The fourth-order valence-electron chi connectivity index (χ4n) is 3.18. The van der Waals surface area contributed by atoms with Gasteiger partial charge in [0.15, 0.2) is 0 Å². The van der Waals surface area contributed by atoms with Crippen LogP contribution < -0.4 is 0 Å². The number of aryl methyl sites for hydroxylation is 1. The van der Waals surface area contributed by atoms with Crippen LogP contribution in [0.1, 0.15) is 56.2 Å². The Morgan fingerprint density at radius 3 is 2.42 bits per heavy atom. The van der Waals surface area contributed by atoms with Crippen LogP contribution in [0.15, 0.2) is 30.4 Å². The summed E-state index contributed by atoms with van der Waals surface area (Å²) in [5, 5.41) is 0. The topological polar surface area (TPSA) is 3.24 Å². The maximum absolute atomic E-state index is 12.9. The predicted octanol–water partition coefficient (Wildman–Crippen LogP) is 5.63. The van der Waals surface area contributed by atoms with E-state index in [9.17, 15) is 13.2 Å². The molecule has 0 atom stereocenters. The monoisotopic (exact) mass is 339 g/mol. The van der Waals surface area contributed by atoms with E-state index in [1.807, 2.05) is 6.92 Å². The molecule has 0 aliphatic heterocycles. The lowest BCUT2D eigenvalue weighted by atomic mass is 9.95. The van der Waals surface area contributed by atoms with E-state index in [1.54, 1.807) is 6.07 Å². The number of rotatable bonds is 9. The zero-order valence-corrected chi connectivity index (χ0v) is 14.8. The highest BCUT2D eigenvalue weighted by atomic mass is 19.4. The largest absolute Gasteiger partial charge is 0.416 e. The van der Waals surface area contributed by atoms with Crippen LogP contribution in [-0.2, 0) is 19.0 Å². The molecule has 24 heavy (non-hydrogen) atoms. The zero-order chi connectivity index (χ0) is 17.7. The Bertz CT molecular complexity index is 558. The van der Waals surface area contributed by atoms with E-state index in [0.717, 1.165) is 55.1 Å². The molecule has 1 saturated carbocycles. The molecule has 0 spiro atoms. The minimum atomic E-state index is -4.29. The van der Waals surface area contributed by atoms with Crippen molar-refractivity contribution in [3.63, 3.8) is 0 Å². The Kier molecular flexibility index (Phi) is 6.50. The third-order valence-electron chi connectivity index (χ3n) is 4.68. The van der Waals surface area contributed by atoms with Gasteiger partial charge in [-0.1, -0.05) is 32.1 Å². The number of halogens is 3. The molecule has 1 aliphatic carbocycles. The molecule has 0 unspecified atom stereocenters. The Labute approximate surface area is 143 Å². The molecule has 1 fully saturated rings. The van der Waals surface area contributed by atoms with Crippen molar-refractivity contribution in [3.8, 4) is 0 Å². The van der Waals surface area contributed by atoms with Gasteiger partial charge < -0.3 is 4.90 Å². The summed E-state index contributed by atoms with van der Waals surface area (Å²) in [4.78, 5) is 2.50. The Morgan fingerprint density at radius 1 is 1.17 bits per heavy atom. The van der Waals surface area contributed by atoms with Crippen LogP contribution in [0.25, 0.3) is 0 Å². The summed E-state index contributed by atoms with van der Waals surface area (Å²) in [7, 11) is 0. The second-order valence-corrected chi connectivity index (χ2v) is 6.78. The van der Waals surface area contributed by atoms with Gasteiger partial charge in [0.05, 0.1) is 5.56 Å². The van der Waals surface area contributed by atoms with Crippen molar-refractivity contribution in [2.24, 2.45) is 0 Å². The molecule has 0 radical (unpaired) electrons. The molecule has 1 aromatic carbocycles. The molecule has 1 aromatic rings. The van der Waals surface area contributed by atoms with Crippen molar-refractivity contribution in [1.82, 2.24) is 4.90 Å². The lowest BCUT2D eigenvalue weighted by molar-refractivity contribution is -0.137. The van der Waals surface area contributed by atoms with Gasteiger partial charge in [0.1, 0.15) is 0 Å². The number of hydrogen-bond donors (Lipinski definition) is 0. The van der Waals surface area contributed by atoms with E-state index >= 15 is 0 Å². The van der Waals surface area contributed by atoms with Crippen molar-refractivity contribution in [1.29, 1.82) is 0 Å². The second-order valence-electron chi connectivity index (χ2n) is 6.78. The summed E-state index contributed by atoms with van der Waals surface area (Å²) in [5.74, 6) is 0. The summed E-state index contributed by atoms with van der Waals surface area (Å²) in [6.07, 6.45) is 1.54. The summed E-state index contributed by atoms with van der Waals surface area (Å²) in [6.45, 7) is 10.3. The van der Waals surface area contributed by atoms with Crippen LogP contribution in [0.2, 0.25) is 0 Å². The van der Waals surface area contributed by atoms with Crippen molar-refractivity contribution in [2.45, 2.75) is 64.6 Å². The molecule has 1 aliphatic rings.